The summed E-state index contributed by atoms with van der Waals surface area (Å²) < 4.78 is 1.70. The predicted molar refractivity (Wildman–Crippen MR) is 74.8 cm³/mol. The lowest BCUT2D eigenvalue weighted by Gasteiger charge is -2.24. The van der Waals surface area contributed by atoms with Gasteiger partial charge in [-0.3, -0.25) is 4.68 Å². The van der Waals surface area contributed by atoms with Crippen LogP contribution in [0.4, 0.5) is 0 Å². The van der Waals surface area contributed by atoms with Crippen LogP contribution in [-0.2, 0) is 13.6 Å². The van der Waals surface area contributed by atoms with Gasteiger partial charge in [-0.05, 0) is 25.2 Å². The number of rotatable bonds is 7. The third-order valence-corrected chi connectivity index (χ3v) is 3.66. The molecule has 18 heavy (non-hydrogen) atoms. The smallest absolute Gasteiger partial charge is 0.131 e. The van der Waals surface area contributed by atoms with Crippen molar-refractivity contribution in [3.63, 3.8) is 0 Å². The molecule has 0 bridgehead atoms. The van der Waals surface area contributed by atoms with Gasteiger partial charge in [0.15, 0.2) is 0 Å². The summed E-state index contributed by atoms with van der Waals surface area (Å²) in [7, 11) is 1.85. The van der Waals surface area contributed by atoms with Crippen molar-refractivity contribution in [2.24, 2.45) is 12.5 Å². The van der Waals surface area contributed by atoms with Gasteiger partial charge in [0.05, 0.1) is 5.69 Å². The summed E-state index contributed by atoms with van der Waals surface area (Å²) in [6.45, 7) is 8.27. The zero-order chi connectivity index (χ0) is 13.8. The fraction of sp³-hybridized carbons (Fsp3) is 0.769. The summed E-state index contributed by atoms with van der Waals surface area (Å²) >= 11 is 6.18. The van der Waals surface area contributed by atoms with Crippen molar-refractivity contribution in [1.82, 2.24) is 15.1 Å². The minimum Gasteiger partial charge on any atom is -0.396 e. The number of aliphatic hydroxyl groups is 1. The highest BCUT2D eigenvalue weighted by molar-refractivity contribution is 6.30. The Morgan fingerprint density at radius 2 is 2.11 bits per heavy atom. The van der Waals surface area contributed by atoms with Gasteiger partial charge in [0.25, 0.3) is 0 Å². The van der Waals surface area contributed by atoms with Crippen LogP contribution in [0.5, 0.6) is 0 Å². The molecule has 0 fully saturated rings. The largest absolute Gasteiger partial charge is 0.396 e. The SMILES string of the molecule is Cc1nn(C)c(Cl)c1CNCC(C)(C)CCCO. The molecule has 0 aromatic carbocycles. The van der Waals surface area contributed by atoms with Crippen LogP contribution in [0, 0.1) is 12.3 Å². The Kier molecular flexibility index (Phi) is 5.63. The van der Waals surface area contributed by atoms with Gasteiger partial charge in [-0.2, -0.15) is 5.10 Å². The van der Waals surface area contributed by atoms with Crippen LogP contribution < -0.4 is 5.32 Å². The molecule has 0 atom stereocenters. The Hall–Kier alpha value is -0.580. The van der Waals surface area contributed by atoms with Crippen molar-refractivity contribution < 1.29 is 5.11 Å². The molecular formula is C13H24ClN3O. The maximum absolute atomic E-state index is 8.86. The van der Waals surface area contributed by atoms with Crippen molar-refractivity contribution in [1.29, 1.82) is 0 Å². The molecule has 0 aliphatic carbocycles. The summed E-state index contributed by atoms with van der Waals surface area (Å²) in [5, 5.41) is 17.3. The molecule has 1 heterocycles. The van der Waals surface area contributed by atoms with Crippen LogP contribution >= 0.6 is 11.6 Å². The zero-order valence-electron chi connectivity index (χ0n) is 11.8. The molecule has 0 unspecified atom stereocenters. The molecule has 0 saturated heterocycles. The molecule has 1 aromatic rings. The quantitative estimate of drug-likeness (QED) is 0.801. The van der Waals surface area contributed by atoms with E-state index < -0.39 is 0 Å². The minimum absolute atomic E-state index is 0.186. The topological polar surface area (TPSA) is 50.1 Å². The van der Waals surface area contributed by atoms with Crippen LogP contribution in [-0.4, -0.2) is 28.0 Å². The number of aliphatic hydroxyl groups excluding tert-OH is 1. The van der Waals surface area contributed by atoms with Gasteiger partial charge >= 0.3 is 0 Å². The first-order valence-corrected chi connectivity index (χ1v) is 6.75. The first-order chi connectivity index (χ1) is 8.37. The Morgan fingerprint density at radius 3 is 2.61 bits per heavy atom. The van der Waals surface area contributed by atoms with Crippen LogP contribution in [0.2, 0.25) is 5.15 Å². The number of nitrogens with zero attached hydrogens (tertiary/aromatic N) is 2. The zero-order valence-corrected chi connectivity index (χ0v) is 12.5. The highest BCUT2D eigenvalue weighted by Gasteiger charge is 2.18. The van der Waals surface area contributed by atoms with E-state index in [2.05, 4.69) is 24.3 Å². The number of halogens is 1. The van der Waals surface area contributed by atoms with E-state index in [0.717, 1.165) is 37.2 Å². The third-order valence-electron chi connectivity index (χ3n) is 3.19. The number of nitrogens with one attached hydrogen (secondary N) is 1. The standard InChI is InChI=1S/C13H24ClN3O/c1-10-11(12(14)17(4)16-10)8-15-9-13(2,3)6-5-7-18/h15,18H,5-9H2,1-4H3. The second-order valence-corrected chi connectivity index (χ2v) is 5.93. The summed E-state index contributed by atoms with van der Waals surface area (Å²) in [5.41, 5.74) is 2.23. The summed E-state index contributed by atoms with van der Waals surface area (Å²) in [5.74, 6) is 0. The van der Waals surface area contributed by atoms with E-state index in [9.17, 15) is 0 Å². The molecule has 0 spiro atoms. The second kappa shape index (κ2) is 6.55. The monoisotopic (exact) mass is 273 g/mol. The van der Waals surface area contributed by atoms with Gasteiger partial charge in [0.1, 0.15) is 5.15 Å². The van der Waals surface area contributed by atoms with Crippen molar-refractivity contribution >= 4 is 11.6 Å². The van der Waals surface area contributed by atoms with Gasteiger partial charge in [0, 0.05) is 32.3 Å². The lowest BCUT2D eigenvalue weighted by molar-refractivity contribution is 0.236. The van der Waals surface area contributed by atoms with Crippen LogP contribution in [0.15, 0.2) is 0 Å². The first-order valence-electron chi connectivity index (χ1n) is 6.37. The summed E-state index contributed by atoms with van der Waals surface area (Å²) in [4.78, 5) is 0. The molecule has 0 aliphatic heterocycles. The molecule has 104 valence electrons. The number of aryl methyl sites for hydroxylation is 2. The Morgan fingerprint density at radius 1 is 1.44 bits per heavy atom. The van der Waals surface area contributed by atoms with Crippen LogP contribution in [0.25, 0.3) is 0 Å². The number of hydrogen-bond acceptors (Lipinski definition) is 3. The average molecular weight is 274 g/mol. The Balaban J connectivity index is 2.46. The lowest BCUT2D eigenvalue weighted by Crippen LogP contribution is -2.29. The third kappa shape index (κ3) is 4.26. The summed E-state index contributed by atoms with van der Waals surface area (Å²) in [6.07, 6.45) is 1.86. The van der Waals surface area contributed by atoms with Crippen LogP contribution in [0.1, 0.15) is 37.9 Å². The predicted octanol–water partition coefficient (Wildman–Crippen LogP) is 2.27. The fourth-order valence-electron chi connectivity index (χ4n) is 2.05. The van der Waals surface area contributed by atoms with E-state index in [1.165, 1.54) is 0 Å². The fourth-order valence-corrected chi connectivity index (χ4v) is 2.29. The average Bonchev–Trinajstić information content (AvgIpc) is 2.53. The minimum atomic E-state index is 0.186. The molecule has 5 heteroatoms. The highest BCUT2D eigenvalue weighted by Crippen LogP contribution is 2.22. The van der Waals surface area contributed by atoms with E-state index in [4.69, 9.17) is 16.7 Å². The summed E-state index contributed by atoms with van der Waals surface area (Å²) in [6, 6.07) is 0. The van der Waals surface area contributed by atoms with E-state index >= 15 is 0 Å². The maximum atomic E-state index is 8.86. The molecular weight excluding hydrogens is 250 g/mol. The van der Waals surface area contributed by atoms with Gasteiger partial charge in [-0.1, -0.05) is 25.4 Å². The second-order valence-electron chi connectivity index (χ2n) is 5.57. The van der Waals surface area contributed by atoms with E-state index in [1.54, 1.807) is 4.68 Å². The van der Waals surface area contributed by atoms with E-state index in [0.29, 0.717) is 5.15 Å². The number of hydrogen-bond donors (Lipinski definition) is 2. The van der Waals surface area contributed by atoms with Crippen molar-refractivity contribution in [2.75, 3.05) is 13.2 Å². The van der Waals surface area contributed by atoms with Gasteiger partial charge in [-0.25, -0.2) is 0 Å². The van der Waals surface area contributed by atoms with Gasteiger partial charge in [0.2, 0.25) is 0 Å². The lowest BCUT2D eigenvalue weighted by atomic mass is 9.88. The van der Waals surface area contributed by atoms with Crippen molar-refractivity contribution in [2.45, 2.75) is 40.2 Å². The molecule has 0 aliphatic rings. The van der Waals surface area contributed by atoms with E-state index in [-0.39, 0.29) is 12.0 Å². The molecule has 0 radical (unpaired) electrons. The van der Waals surface area contributed by atoms with Crippen LogP contribution in [0.3, 0.4) is 0 Å². The molecule has 2 N–H and O–H groups in total. The van der Waals surface area contributed by atoms with Crippen molar-refractivity contribution in [3.05, 3.63) is 16.4 Å². The first kappa shape index (κ1) is 15.5. The maximum Gasteiger partial charge on any atom is 0.131 e. The molecule has 1 rings (SSSR count). The highest BCUT2D eigenvalue weighted by atomic mass is 35.5. The van der Waals surface area contributed by atoms with E-state index in [1.807, 2.05) is 14.0 Å². The van der Waals surface area contributed by atoms with Crippen molar-refractivity contribution in [3.8, 4) is 0 Å². The Bertz CT molecular complexity index is 388. The molecule has 0 amide bonds. The molecule has 4 nitrogen and oxygen atoms in total. The normalized spacial score (nSPS) is 12.1. The van der Waals surface area contributed by atoms with Gasteiger partial charge < -0.3 is 10.4 Å². The molecule has 0 saturated carbocycles. The number of aromatic nitrogens is 2. The Labute approximate surface area is 114 Å². The molecule has 1 aromatic heterocycles. The van der Waals surface area contributed by atoms with Gasteiger partial charge in [-0.15, -0.1) is 0 Å².